The van der Waals surface area contributed by atoms with E-state index in [9.17, 15) is 0 Å². The van der Waals surface area contributed by atoms with Crippen LogP contribution in [0.2, 0.25) is 0 Å². The van der Waals surface area contributed by atoms with Gasteiger partial charge in [-0.1, -0.05) is 0 Å². The Balaban J connectivity index is -0.0000000575. The molecule has 0 saturated carbocycles. The minimum absolute atomic E-state index is 0. The molecule has 8 heteroatoms. The molecule has 0 aromatic heterocycles. The SMILES string of the molecule is O=N[O-].O=[S-](=O)O.[Fe]. The second-order valence-corrected chi connectivity index (χ2v) is 0.726. The fraction of sp³-hybridized carbons (Fsp3) is 0. The van der Waals surface area contributed by atoms with E-state index in [1.54, 1.807) is 0 Å². The molecule has 0 aromatic rings. The van der Waals surface area contributed by atoms with Crippen molar-refractivity contribution in [3.8, 4) is 0 Å². The quantitative estimate of drug-likeness (QED) is 0.142. The molecule has 52 valence electrons. The van der Waals surface area contributed by atoms with Gasteiger partial charge >= 0.3 is 0 Å². The third-order valence-corrected chi connectivity index (χ3v) is 0. The molecule has 0 fully saturated rings. The molecule has 0 atom stereocenters. The van der Waals surface area contributed by atoms with Crippen molar-refractivity contribution < 1.29 is 30.0 Å². The van der Waals surface area contributed by atoms with E-state index in [1.165, 1.54) is 0 Å². The number of hydrogen-bond donors (Lipinski definition) is 1. The molecule has 0 saturated heterocycles. The first-order chi connectivity index (χ1) is 3.15. The minimum Gasteiger partial charge on any atom is -0.444 e. The van der Waals surface area contributed by atoms with Crippen LogP contribution in [0.15, 0.2) is 5.34 Å². The van der Waals surface area contributed by atoms with Crippen molar-refractivity contribution >= 4 is 11.0 Å². The van der Waals surface area contributed by atoms with Crippen LogP contribution < -0.4 is 0 Å². The summed E-state index contributed by atoms with van der Waals surface area (Å²) in [6, 6.07) is 0. The molecule has 0 radical (unpaired) electrons. The Morgan fingerprint density at radius 3 is 1.50 bits per heavy atom. The average molecular weight is 183 g/mol. The van der Waals surface area contributed by atoms with Crippen molar-refractivity contribution in [2.75, 3.05) is 0 Å². The first kappa shape index (κ1) is 15.7. The summed E-state index contributed by atoms with van der Waals surface area (Å²) in [5.41, 5.74) is 0. The van der Waals surface area contributed by atoms with Gasteiger partial charge in [-0.3, -0.25) is 0 Å². The van der Waals surface area contributed by atoms with Gasteiger partial charge in [-0.15, -0.1) is 5.34 Å². The summed E-state index contributed by atoms with van der Waals surface area (Å²) < 4.78 is 24.1. The van der Waals surface area contributed by atoms with Crippen LogP contribution >= 0.6 is 0 Å². The molecule has 0 aliphatic heterocycles. The van der Waals surface area contributed by atoms with Crippen LogP contribution in [-0.2, 0) is 36.5 Å². The Kier molecular flexibility index (Phi) is 31.0. The van der Waals surface area contributed by atoms with Crippen molar-refractivity contribution in [1.82, 2.24) is 0 Å². The van der Waals surface area contributed by atoms with Crippen molar-refractivity contribution in [2.24, 2.45) is 5.34 Å². The number of rotatable bonds is 0. The van der Waals surface area contributed by atoms with Gasteiger partial charge < -0.3 is 23.1 Å². The largest absolute Gasteiger partial charge is 0.444 e. The van der Waals surface area contributed by atoms with E-state index in [4.69, 9.17) is 23.1 Å². The first-order valence-electron chi connectivity index (χ1n) is 0.881. The second-order valence-electron chi connectivity index (χ2n) is 0.292. The van der Waals surface area contributed by atoms with Gasteiger partial charge in [0.05, 0.1) is 0 Å². The maximum atomic E-state index is 8.56. The van der Waals surface area contributed by atoms with Gasteiger partial charge in [0.1, 0.15) is 0 Å². The van der Waals surface area contributed by atoms with E-state index in [0.717, 1.165) is 5.34 Å². The molecule has 0 aromatic carbocycles. The third-order valence-electron chi connectivity index (χ3n) is 0. The summed E-state index contributed by atoms with van der Waals surface area (Å²) in [5, 5.41) is 9.00. The Hall–Kier alpha value is -0.171. The Labute approximate surface area is 57.1 Å². The van der Waals surface area contributed by atoms with Crippen LogP contribution in [0.3, 0.4) is 0 Å². The third kappa shape index (κ3) is 4680. The fourth-order valence-corrected chi connectivity index (χ4v) is 0. The van der Waals surface area contributed by atoms with Crippen molar-refractivity contribution in [3.63, 3.8) is 0 Å². The molecule has 0 amide bonds. The monoisotopic (exact) mass is 183 g/mol. The Morgan fingerprint density at radius 2 is 1.50 bits per heavy atom. The average Bonchev–Trinajstić information content (AvgIpc) is 1.33. The smallest absolute Gasteiger partial charge is 0.0495 e. The van der Waals surface area contributed by atoms with Crippen LogP contribution in [0.25, 0.3) is 0 Å². The zero-order chi connectivity index (χ0) is 6.28. The van der Waals surface area contributed by atoms with Gasteiger partial charge in [-0.25, -0.2) is 0 Å². The molecular weight excluding hydrogens is 182 g/mol. The van der Waals surface area contributed by atoms with Gasteiger partial charge in [0.2, 0.25) is 0 Å². The summed E-state index contributed by atoms with van der Waals surface area (Å²) in [6.07, 6.45) is 0. The summed E-state index contributed by atoms with van der Waals surface area (Å²) in [5.74, 6) is 0. The first-order valence-corrected chi connectivity index (χ1v) is 1.91. The normalized spacial score (nSPS) is 5.75. The van der Waals surface area contributed by atoms with Crippen LogP contribution in [0.1, 0.15) is 0 Å². The van der Waals surface area contributed by atoms with Crippen LogP contribution in [0.5, 0.6) is 0 Å². The van der Waals surface area contributed by atoms with Crippen LogP contribution in [0.4, 0.5) is 0 Å². The van der Waals surface area contributed by atoms with Crippen molar-refractivity contribution in [2.45, 2.75) is 0 Å². The second kappa shape index (κ2) is 15.8. The van der Waals surface area contributed by atoms with Crippen LogP contribution in [-0.4, -0.2) is 4.55 Å². The van der Waals surface area contributed by atoms with Crippen molar-refractivity contribution in [3.05, 3.63) is 10.1 Å². The Morgan fingerprint density at radius 1 is 1.50 bits per heavy atom. The standard InChI is InChI=1S/Fe.HNO2.HO3S/c;2-1-3;1-4(2)3/h;(H,2,3);(H,1,2,3)/q;;-1/p-1. The predicted molar refractivity (Wildman–Crippen MR) is 20.5 cm³/mol. The van der Waals surface area contributed by atoms with Gasteiger partial charge in [0.25, 0.3) is 0 Å². The van der Waals surface area contributed by atoms with E-state index < -0.39 is 11.0 Å². The van der Waals surface area contributed by atoms with Gasteiger partial charge in [0.15, 0.2) is 0 Å². The zero-order valence-corrected chi connectivity index (χ0v) is 5.21. The summed E-state index contributed by atoms with van der Waals surface area (Å²) in [6.45, 7) is 0. The summed E-state index contributed by atoms with van der Waals surface area (Å²) >= 11 is 0. The van der Waals surface area contributed by atoms with Crippen LogP contribution in [0, 0.1) is 10.1 Å². The summed E-state index contributed by atoms with van der Waals surface area (Å²) in [4.78, 5) is 8.00. The van der Waals surface area contributed by atoms with Gasteiger partial charge in [-0.05, 0) is 0 Å². The molecule has 0 aliphatic rings. The minimum atomic E-state index is -2.86. The Bertz CT molecular complexity index is 88.6. The molecule has 1 N–H and O–H groups in total. The maximum Gasteiger partial charge on any atom is 0.0495 e. The van der Waals surface area contributed by atoms with E-state index in [2.05, 4.69) is 0 Å². The zero-order valence-electron chi connectivity index (χ0n) is 3.29. The van der Waals surface area contributed by atoms with Gasteiger partial charge in [0, 0.05) is 28.1 Å². The molecule has 0 unspecified atom stereocenters. The molecule has 0 bridgehead atoms. The fourth-order valence-electron chi connectivity index (χ4n) is 0. The summed E-state index contributed by atoms with van der Waals surface area (Å²) in [7, 11) is -2.86. The number of nitrogens with zero attached hydrogens (tertiary/aromatic N) is 1. The predicted octanol–water partition coefficient (Wildman–Crippen LogP) is 0.0168. The van der Waals surface area contributed by atoms with E-state index in [0.29, 0.717) is 0 Å². The van der Waals surface area contributed by atoms with E-state index in [1.807, 2.05) is 0 Å². The molecule has 0 heterocycles. The molecular formula is HFeNO5S-2. The topological polar surface area (TPSA) is 107 Å². The van der Waals surface area contributed by atoms with Gasteiger partial charge in [-0.2, -0.15) is 0 Å². The molecule has 0 rings (SSSR count). The number of hydrogen-bond acceptors (Lipinski definition) is 6. The molecule has 0 spiro atoms. The molecule has 6 nitrogen and oxygen atoms in total. The molecule has 8 heavy (non-hydrogen) atoms. The maximum absolute atomic E-state index is 8.56. The van der Waals surface area contributed by atoms with E-state index in [-0.39, 0.29) is 17.1 Å². The molecule has 0 aliphatic carbocycles. The van der Waals surface area contributed by atoms with E-state index >= 15 is 0 Å². The van der Waals surface area contributed by atoms with Crippen molar-refractivity contribution in [1.29, 1.82) is 0 Å².